The highest BCUT2D eigenvalue weighted by Gasteiger charge is 2.24. The first-order valence-corrected chi connectivity index (χ1v) is 9.95. The Labute approximate surface area is 158 Å². The number of aryl methyl sites for hydroxylation is 1. The molecule has 3 aromatic heterocycles. The fourth-order valence-corrected chi connectivity index (χ4v) is 4.83. The second kappa shape index (κ2) is 6.41. The molecule has 132 valence electrons. The quantitative estimate of drug-likeness (QED) is 0.327. The van der Waals surface area contributed by atoms with Crippen LogP contribution in [0.4, 0.5) is 0 Å². The average molecular weight is 383 g/mol. The van der Waals surface area contributed by atoms with E-state index in [0.717, 1.165) is 16.6 Å². The van der Waals surface area contributed by atoms with Crippen molar-refractivity contribution < 1.29 is 4.79 Å². The molecule has 0 amide bonds. The molecule has 0 saturated carbocycles. The van der Waals surface area contributed by atoms with Crippen molar-refractivity contribution in [2.24, 2.45) is 7.05 Å². The summed E-state index contributed by atoms with van der Waals surface area (Å²) < 4.78 is 1.52. The molecule has 0 radical (unpaired) electrons. The highest BCUT2D eigenvalue weighted by Crippen LogP contribution is 2.29. The minimum absolute atomic E-state index is 0.0328. The first-order chi connectivity index (χ1) is 12.5. The monoisotopic (exact) mass is 383 g/mol. The van der Waals surface area contributed by atoms with Crippen LogP contribution in [-0.4, -0.2) is 25.6 Å². The van der Waals surface area contributed by atoms with Crippen LogP contribution in [0.25, 0.3) is 21.1 Å². The first kappa shape index (κ1) is 17.1. The van der Waals surface area contributed by atoms with Gasteiger partial charge in [0, 0.05) is 29.2 Å². The normalized spacial score (nSPS) is 12.7. The lowest BCUT2D eigenvalue weighted by atomic mass is 10.1. The Morgan fingerprint density at radius 1 is 1.27 bits per heavy atom. The molecule has 0 spiro atoms. The van der Waals surface area contributed by atoms with E-state index in [1.54, 1.807) is 13.1 Å². The maximum atomic E-state index is 13.1. The lowest BCUT2D eigenvalue weighted by Crippen LogP contribution is -2.22. The molecular formula is C19H17N3O2S2. The summed E-state index contributed by atoms with van der Waals surface area (Å²) in [5.74, 6) is 0.0328. The van der Waals surface area contributed by atoms with E-state index in [1.165, 1.54) is 27.7 Å². The second-order valence-corrected chi connectivity index (χ2v) is 8.40. The van der Waals surface area contributed by atoms with Crippen LogP contribution in [0.2, 0.25) is 0 Å². The number of fused-ring (bicyclic) bond motifs is 2. The molecule has 0 bridgehead atoms. The van der Waals surface area contributed by atoms with Gasteiger partial charge in [0.05, 0.1) is 10.6 Å². The number of para-hydroxylation sites is 1. The van der Waals surface area contributed by atoms with Gasteiger partial charge in [-0.05, 0) is 31.4 Å². The van der Waals surface area contributed by atoms with E-state index in [4.69, 9.17) is 0 Å². The summed E-state index contributed by atoms with van der Waals surface area (Å²) in [7, 11) is 1.70. The third kappa shape index (κ3) is 2.68. The number of nitrogens with zero attached hydrogens (tertiary/aromatic N) is 2. The van der Waals surface area contributed by atoms with Crippen LogP contribution in [0.5, 0.6) is 0 Å². The molecule has 1 atom stereocenters. The molecule has 1 aromatic carbocycles. The molecule has 3 heterocycles. The number of carbonyl (C=O) groups is 1. The smallest absolute Gasteiger partial charge is 0.262 e. The van der Waals surface area contributed by atoms with E-state index in [9.17, 15) is 9.59 Å². The number of Topliss-reactive ketones (excluding diaryl/α,β-unsaturated/α-hetero) is 1. The number of H-pyrrole nitrogens is 1. The molecule has 4 rings (SSSR count). The zero-order chi connectivity index (χ0) is 18.4. The maximum absolute atomic E-state index is 13.1. The third-order valence-corrected chi connectivity index (χ3v) is 6.41. The number of hydrogen-bond acceptors (Lipinski definition) is 5. The zero-order valence-corrected chi connectivity index (χ0v) is 16.2. The molecular weight excluding hydrogens is 366 g/mol. The summed E-state index contributed by atoms with van der Waals surface area (Å²) in [6.45, 7) is 3.77. The predicted octanol–water partition coefficient (Wildman–Crippen LogP) is 4.15. The van der Waals surface area contributed by atoms with Crippen LogP contribution in [0.3, 0.4) is 0 Å². The van der Waals surface area contributed by atoms with Gasteiger partial charge in [-0.2, -0.15) is 0 Å². The number of rotatable bonds is 4. The summed E-state index contributed by atoms with van der Waals surface area (Å²) in [6, 6.07) is 9.58. The van der Waals surface area contributed by atoms with E-state index in [0.29, 0.717) is 20.9 Å². The molecule has 0 aliphatic rings. The predicted molar refractivity (Wildman–Crippen MR) is 108 cm³/mol. The van der Waals surface area contributed by atoms with Crippen LogP contribution in [-0.2, 0) is 7.05 Å². The van der Waals surface area contributed by atoms with E-state index >= 15 is 0 Å². The summed E-state index contributed by atoms with van der Waals surface area (Å²) in [6.07, 6.45) is 0. The van der Waals surface area contributed by atoms with Gasteiger partial charge in [0.1, 0.15) is 4.83 Å². The third-order valence-electron chi connectivity index (χ3n) is 4.46. The van der Waals surface area contributed by atoms with Gasteiger partial charge in [-0.1, -0.05) is 30.0 Å². The average Bonchev–Trinajstić information content (AvgIpc) is 3.22. The Morgan fingerprint density at radius 3 is 2.85 bits per heavy atom. The van der Waals surface area contributed by atoms with Gasteiger partial charge in [-0.3, -0.25) is 14.2 Å². The Hall–Kier alpha value is -2.38. The number of thioether (sulfide) groups is 1. The number of aromatic amines is 1. The zero-order valence-electron chi connectivity index (χ0n) is 14.6. The molecule has 0 unspecified atom stereocenters. The molecule has 5 nitrogen and oxygen atoms in total. The highest BCUT2D eigenvalue weighted by atomic mass is 32.2. The number of nitrogens with one attached hydrogen (secondary N) is 1. The molecule has 0 aliphatic carbocycles. The van der Waals surface area contributed by atoms with Gasteiger partial charge in [-0.25, -0.2) is 4.98 Å². The largest absolute Gasteiger partial charge is 0.358 e. The Kier molecular flexibility index (Phi) is 4.20. The molecule has 26 heavy (non-hydrogen) atoms. The van der Waals surface area contributed by atoms with Crippen molar-refractivity contribution in [3.8, 4) is 0 Å². The summed E-state index contributed by atoms with van der Waals surface area (Å²) in [5, 5.41) is 3.61. The number of thiophene rings is 1. The Morgan fingerprint density at radius 2 is 2.04 bits per heavy atom. The number of aromatic nitrogens is 3. The standard InChI is InChI=1S/C19H17N3O2S2/c1-10-15(12-6-4-5-7-14(12)20-10)16(23)11(2)26-19-21-17-13(8-9-25-17)18(24)22(19)3/h4-9,11,20H,1-3H3/t11-/m1/s1. The van der Waals surface area contributed by atoms with Crippen molar-refractivity contribution in [3.63, 3.8) is 0 Å². The van der Waals surface area contributed by atoms with Crippen molar-refractivity contribution in [2.45, 2.75) is 24.3 Å². The van der Waals surface area contributed by atoms with Gasteiger partial charge in [0.25, 0.3) is 5.56 Å². The van der Waals surface area contributed by atoms with Crippen LogP contribution in [0.15, 0.2) is 45.7 Å². The van der Waals surface area contributed by atoms with E-state index in [-0.39, 0.29) is 16.6 Å². The van der Waals surface area contributed by atoms with Gasteiger partial charge in [0.15, 0.2) is 10.9 Å². The molecule has 4 aromatic rings. The Balaban J connectivity index is 1.71. The maximum Gasteiger partial charge on any atom is 0.262 e. The fourth-order valence-electron chi connectivity index (χ4n) is 3.09. The Bertz CT molecular complexity index is 1200. The molecule has 0 aliphatic heterocycles. The number of carbonyl (C=O) groups excluding carboxylic acids is 1. The highest BCUT2D eigenvalue weighted by molar-refractivity contribution is 8.00. The van der Waals surface area contributed by atoms with Crippen molar-refractivity contribution in [3.05, 3.63) is 57.3 Å². The summed E-state index contributed by atoms with van der Waals surface area (Å²) >= 11 is 2.76. The molecule has 1 N–H and O–H groups in total. The van der Waals surface area contributed by atoms with Crippen LogP contribution in [0, 0.1) is 6.92 Å². The van der Waals surface area contributed by atoms with E-state index in [1.807, 2.05) is 43.5 Å². The number of ketones is 1. The van der Waals surface area contributed by atoms with Crippen LogP contribution >= 0.6 is 23.1 Å². The number of benzene rings is 1. The number of hydrogen-bond donors (Lipinski definition) is 1. The van der Waals surface area contributed by atoms with Crippen LogP contribution < -0.4 is 5.56 Å². The van der Waals surface area contributed by atoms with Crippen LogP contribution in [0.1, 0.15) is 23.0 Å². The van der Waals surface area contributed by atoms with Gasteiger partial charge >= 0.3 is 0 Å². The topological polar surface area (TPSA) is 67.8 Å². The van der Waals surface area contributed by atoms with Gasteiger partial charge in [-0.15, -0.1) is 11.3 Å². The second-order valence-electron chi connectivity index (χ2n) is 6.19. The SMILES string of the molecule is Cc1[nH]c2ccccc2c1C(=O)[C@@H](C)Sc1nc2sccc2c(=O)n1C. The van der Waals surface area contributed by atoms with Crippen molar-refractivity contribution in [2.75, 3.05) is 0 Å². The summed E-state index contributed by atoms with van der Waals surface area (Å²) in [4.78, 5) is 34.1. The molecule has 0 fully saturated rings. The first-order valence-electron chi connectivity index (χ1n) is 8.19. The lowest BCUT2D eigenvalue weighted by Gasteiger charge is -2.12. The van der Waals surface area contributed by atoms with Gasteiger partial charge < -0.3 is 4.98 Å². The fraction of sp³-hybridized carbons (Fsp3) is 0.211. The van der Waals surface area contributed by atoms with Crippen molar-refractivity contribution in [1.29, 1.82) is 0 Å². The minimum atomic E-state index is -0.358. The van der Waals surface area contributed by atoms with E-state index in [2.05, 4.69) is 9.97 Å². The lowest BCUT2D eigenvalue weighted by molar-refractivity contribution is 0.0995. The van der Waals surface area contributed by atoms with Crippen molar-refractivity contribution in [1.82, 2.24) is 14.5 Å². The minimum Gasteiger partial charge on any atom is -0.358 e. The van der Waals surface area contributed by atoms with Gasteiger partial charge in [0.2, 0.25) is 0 Å². The summed E-state index contributed by atoms with van der Waals surface area (Å²) in [5.41, 5.74) is 2.44. The van der Waals surface area contributed by atoms with Crippen molar-refractivity contribution >= 4 is 50.0 Å². The molecule has 7 heteroatoms. The van der Waals surface area contributed by atoms with E-state index < -0.39 is 0 Å². The molecule has 0 saturated heterocycles.